The van der Waals surface area contributed by atoms with Crippen LogP contribution in [0.2, 0.25) is 0 Å². The minimum atomic E-state index is 0.0946. The van der Waals surface area contributed by atoms with Crippen LogP contribution in [0.3, 0.4) is 0 Å². The summed E-state index contributed by atoms with van der Waals surface area (Å²) in [5.74, 6) is 1.62. The molecule has 0 saturated heterocycles. The standard InChI is InChI=1S/C13H18BrNO3/c1-15-10-7-12(13(10)17-3)18-11-5-4-8(16-2)6-9(11)14/h4-6,10,12-13,15H,7H2,1-3H3. The summed E-state index contributed by atoms with van der Waals surface area (Å²) in [5.41, 5.74) is 0. The molecule has 0 spiro atoms. The maximum atomic E-state index is 5.95. The molecule has 1 aliphatic carbocycles. The van der Waals surface area contributed by atoms with Crippen LogP contribution in [0.1, 0.15) is 6.42 Å². The lowest BCUT2D eigenvalue weighted by atomic mass is 9.85. The van der Waals surface area contributed by atoms with Crippen molar-refractivity contribution in [1.29, 1.82) is 0 Å². The van der Waals surface area contributed by atoms with Crippen LogP contribution >= 0.6 is 15.9 Å². The summed E-state index contributed by atoms with van der Waals surface area (Å²) >= 11 is 3.48. The zero-order valence-electron chi connectivity index (χ0n) is 10.8. The molecule has 1 fully saturated rings. The fourth-order valence-corrected chi connectivity index (χ4v) is 2.61. The molecule has 0 heterocycles. The number of benzene rings is 1. The Bertz CT molecular complexity index is 413. The summed E-state index contributed by atoms with van der Waals surface area (Å²) in [6.45, 7) is 0. The topological polar surface area (TPSA) is 39.7 Å². The predicted octanol–water partition coefficient (Wildman–Crippen LogP) is 2.21. The van der Waals surface area contributed by atoms with Crippen molar-refractivity contribution in [2.24, 2.45) is 0 Å². The number of halogens is 1. The first-order chi connectivity index (χ1) is 8.69. The van der Waals surface area contributed by atoms with Gasteiger partial charge >= 0.3 is 0 Å². The van der Waals surface area contributed by atoms with Gasteiger partial charge in [0.2, 0.25) is 0 Å². The van der Waals surface area contributed by atoms with E-state index in [-0.39, 0.29) is 12.2 Å². The van der Waals surface area contributed by atoms with Gasteiger partial charge in [0.15, 0.2) is 0 Å². The highest BCUT2D eigenvalue weighted by Crippen LogP contribution is 2.34. The van der Waals surface area contributed by atoms with Gasteiger partial charge < -0.3 is 19.5 Å². The van der Waals surface area contributed by atoms with Gasteiger partial charge in [-0.2, -0.15) is 0 Å². The van der Waals surface area contributed by atoms with Gasteiger partial charge in [0.25, 0.3) is 0 Å². The third-order valence-electron chi connectivity index (χ3n) is 3.31. The van der Waals surface area contributed by atoms with Crippen molar-refractivity contribution in [3.8, 4) is 11.5 Å². The van der Waals surface area contributed by atoms with Crippen molar-refractivity contribution in [2.45, 2.75) is 24.7 Å². The van der Waals surface area contributed by atoms with E-state index in [1.807, 2.05) is 25.2 Å². The van der Waals surface area contributed by atoms with Crippen molar-refractivity contribution in [3.63, 3.8) is 0 Å². The van der Waals surface area contributed by atoms with Crippen molar-refractivity contribution >= 4 is 15.9 Å². The number of likely N-dealkylation sites (N-methyl/N-ethyl adjacent to an activating group) is 1. The van der Waals surface area contributed by atoms with Crippen molar-refractivity contribution in [2.75, 3.05) is 21.3 Å². The fraction of sp³-hybridized carbons (Fsp3) is 0.538. The summed E-state index contributed by atoms with van der Waals surface area (Å²) in [6, 6.07) is 6.06. The van der Waals surface area contributed by atoms with Crippen molar-refractivity contribution < 1.29 is 14.2 Å². The quantitative estimate of drug-likeness (QED) is 0.904. The maximum absolute atomic E-state index is 5.95. The molecule has 0 radical (unpaired) electrons. The van der Waals surface area contributed by atoms with E-state index in [0.717, 1.165) is 22.4 Å². The summed E-state index contributed by atoms with van der Waals surface area (Å²) in [7, 11) is 5.30. The average molecular weight is 316 g/mol. The van der Waals surface area contributed by atoms with Crippen LogP contribution in [0.4, 0.5) is 0 Å². The van der Waals surface area contributed by atoms with E-state index in [9.17, 15) is 0 Å². The lowest BCUT2D eigenvalue weighted by molar-refractivity contribution is -0.0872. The molecule has 3 atom stereocenters. The molecule has 0 amide bonds. The molecule has 0 aliphatic heterocycles. The van der Waals surface area contributed by atoms with Crippen molar-refractivity contribution in [3.05, 3.63) is 22.7 Å². The largest absolute Gasteiger partial charge is 0.497 e. The molecule has 5 heteroatoms. The first-order valence-corrected chi connectivity index (χ1v) is 6.69. The van der Waals surface area contributed by atoms with Crippen molar-refractivity contribution in [1.82, 2.24) is 5.32 Å². The second-order valence-electron chi connectivity index (χ2n) is 4.28. The lowest BCUT2D eigenvalue weighted by Gasteiger charge is -2.43. The van der Waals surface area contributed by atoms with Gasteiger partial charge in [-0.05, 0) is 41.2 Å². The van der Waals surface area contributed by atoms with Gasteiger partial charge in [-0.1, -0.05) is 0 Å². The first kappa shape index (κ1) is 13.6. The number of rotatable bonds is 5. The second kappa shape index (κ2) is 5.91. The molecule has 3 unspecified atom stereocenters. The molecular formula is C13H18BrNO3. The first-order valence-electron chi connectivity index (χ1n) is 5.90. The Kier molecular flexibility index (Phi) is 4.48. The second-order valence-corrected chi connectivity index (χ2v) is 5.14. The lowest BCUT2D eigenvalue weighted by Crippen LogP contribution is -2.60. The number of nitrogens with one attached hydrogen (secondary N) is 1. The molecular weight excluding hydrogens is 298 g/mol. The van der Waals surface area contributed by atoms with Gasteiger partial charge in [-0.15, -0.1) is 0 Å². The van der Waals surface area contributed by atoms with E-state index in [1.54, 1.807) is 14.2 Å². The van der Waals surface area contributed by atoms with Crippen LogP contribution in [0, 0.1) is 0 Å². The highest BCUT2D eigenvalue weighted by molar-refractivity contribution is 9.10. The van der Waals surface area contributed by atoms with Gasteiger partial charge in [0, 0.05) is 19.6 Å². The Morgan fingerprint density at radius 1 is 1.33 bits per heavy atom. The molecule has 4 nitrogen and oxygen atoms in total. The molecule has 1 aliphatic rings. The summed E-state index contributed by atoms with van der Waals surface area (Å²) in [5, 5.41) is 3.21. The Hall–Kier alpha value is -0.780. The summed E-state index contributed by atoms with van der Waals surface area (Å²) in [4.78, 5) is 0. The summed E-state index contributed by atoms with van der Waals surface area (Å²) in [6.07, 6.45) is 1.15. The third-order valence-corrected chi connectivity index (χ3v) is 3.93. The zero-order valence-corrected chi connectivity index (χ0v) is 12.4. The maximum Gasteiger partial charge on any atom is 0.134 e. The van der Waals surface area contributed by atoms with Crippen LogP contribution in [0.5, 0.6) is 11.5 Å². The minimum Gasteiger partial charge on any atom is -0.497 e. The molecule has 18 heavy (non-hydrogen) atoms. The Labute approximate surface area is 116 Å². The Morgan fingerprint density at radius 3 is 2.67 bits per heavy atom. The minimum absolute atomic E-state index is 0.0946. The van der Waals surface area contributed by atoms with E-state index in [4.69, 9.17) is 14.2 Å². The highest BCUT2D eigenvalue weighted by Gasteiger charge is 2.42. The predicted molar refractivity (Wildman–Crippen MR) is 73.4 cm³/mol. The van der Waals surface area contributed by atoms with Crippen LogP contribution in [-0.4, -0.2) is 39.5 Å². The normalized spacial score (nSPS) is 26.6. The molecule has 0 aromatic heterocycles. The van der Waals surface area contributed by atoms with E-state index >= 15 is 0 Å². The molecule has 2 rings (SSSR count). The number of methoxy groups -OCH3 is 2. The smallest absolute Gasteiger partial charge is 0.134 e. The molecule has 0 bridgehead atoms. The molecule has 1 aromatic carbocycles. The van der Waals surface area contributed by atoms with E-state index in [2.05, 4.69) is 21.2 Å². The SMILES string of the molecule is CNC1CC(Oc2ccc(OC)cc2Br)C1OC. The third kappa shape index (κ3) is 2.63. The zero-order chi connectivity index (χ0) is 13.1. The van der Waals surface area contributed by atoms with Gasteiger partial charge in [0.1, 0.15) is 23.7 Å². The molecule has 1 N–H and O–H groups in total. The van der Waals surface area contributed by atoms with E-state index in [0.29, 0.717) is 6.04 Å². The Morgan fingerprint density at radius 2 is 2.11 bits per heavy atom. The van der Waals surface area contributed by atoms with E-state index < -0.39 is 0 Å². The number of ether oxygens (including phenoxy) is 3. The fourth-order valence-electron chi connectivity index (χ4n) is 2.16. The van der Waals surface area contributed by atoms with Crippen LogP contribution in [0.15, 0.2) is 22.7 Å². The Balaban J connectivity index is 2.02. The average Bonchev–Trinajstić information content (AvgIpc) is 2.35. The van der Waals surface area contributed by atoms with Gasteiger partial charge in [0.05, 0.1) is 11.6 Å². The van der Waals surface area contributed by atoms with E-state index in [1.165, 1.54) is 0 Å². The van der Waals surface area contributed by atoms with Gasteiger partial charge in [-0.3, -0.25) is 0 Å². The molecule has 100 valence electrons. The summed E-state index contributed by atoms with van der Waals surface area (Å²) < 4.78 is 17.4. The molecule has 1 saturated carbocycles. The highest BCUT2D eigenvalue weighted by atomic mass is 79.9. The number of hydrogen-bond acceptors (Lipinski definition) is 4. The van der Waals surface area contributed by atoms with Crippen LogP contribution in [0.25, 0.3) is 0 Å². The number of hydrogen-bond donors (Lipinski definition) is 1. The van der Waals surface area contributed by atoms with Crippen LogP contribution < -0.4 is 14.8 Å². The molecule has 1 aromatic rings. The van der Waals surface area contributed by atoms with Gasteiger partial charge in [-0.25, -0.2) is 0 Å². The van der Waals surface area contributed by atoms with Crippen LogP contribution in [-0.2, 0) is 4.74 Å². The monoisotopic (exact) mass is 315 g/mol.